The molecule has 0 aliphatic carbocycles. The lowest BCUT2D eigenvalue weighted by Gasteiger charge is -2.20. The Labute approximate surface area is 137 Å². The molecule has 0 atom stereocenters. The number of hydrazine groups is 1. The fraction of sp³-hybridized carbons (Fsp3) is 1.00. The van der Waals surface area contributed by atoms with Crippen molar-refractivity contribution >= 4 is 0 Å². The summed E-state index contributed by atoms with van der Waals surface area (Å²) < 4.78 is 0. The lowest BCUT2D eigenvalue weighted by atomic mass is 10.1. The Bertz CT molecular complexity index is 235. The monoisotopic (exact) mass is 314 g/mol. The molecule has 6 heteroatoms. The summed E-state index contributed by atoms with van der Waals surface area (Å²) in [4.78, 5) is 2.37. The second-order valence-electron chi connectivity index (χ2n) is 5.96. The van der Waals surface area contributed by atoms with Crippen LogP contribution in [-0.4, -0.2) is 37.6 Å². The second kappa shape index (κ2) is 18.3. The van der Waals surface area contributed by atoms with Gasteiger partial charge in [0.25, 0.3) is 0 Å². The third-order valence-electron chi connectivity index (χ3n) is 4.00. The summed E-state index contributed by atoms with van der Waals surface area (Å²) >= 11 is 0. The Hall–Kier alpha value is -0.720. The Balaban J connectivity index is 3.45. The first-order valence-electron chi connectivity index (χ1n) is 9.07. The van der Waals surface area contributed by atoms with E-state index in [2.05, 4.69) is 27.6 Å². The maximum absolute atomic E-state index is 5.35. The molecule has 0 saturated heterocycles. The highest BCUT2D eigenvalue weighted by Crippen LogP contribution is 2.10. The van der Waals surface area contributed by atoms with Crippen LogP contribution in [0.1, 0.15) is 71.1 Å². The molecule has 0 spiro atoms. The van der Waals surface area contributed by atoms with E-state index in [0.29, 0.717) is 6.54 Å². The average molecular weight is 315 g/mol. The van der Waals surface area contributed by atoms with Crippen LogP contribution in [0.25, 0.3) is 0 Å². The summed E-state index contributed by atoms with van der Waals surface area (Å²) in [6.07, 6.45) is 13.7. The van der Waals surface area contributed by atoms with Gasteiger partial charge in [-0.15, -0.1) is 0 Å². The Morgan fingerprint density at radius 3 is 1.95 bits per heavy atom. The van der Waals surface area contributed by atoms with Crippen LogP contribution in [0, 0.1) is 0 Å². The van der Waals surface area contributed by atoms with E-state index in [1.807, 2.05) is 0 Å². The van der Waals surface area contributed by atoms with Gasteiger partial charge in [-0.1, -0.05) is 69.9 Å². The van der Waals surface area contributed by atoms with E-state index >= 15 is 0 Å². The number of hydrogen-bond donors (Lipinski definition) is 3. The third kappa shape index (κ3) is 15.7. The molecule has 0 aliphatic rings. The Morgan fingerprint density at radius 2 is 1.41 bits per heavy atom. The molecule has 0 saturated carbocycles. The number of hydrogen-bond acceptors (Lipinski definition) is 5. The summed E-state index contributed by atoms with van der Waals surface area (Å²) in [5.41, 5.74) is 2.71. The highest BCUT2D eigenvalue weighted by molar-refractivity contribution is 4.60. The van der Waals surface area contributed by atoms with Gasteiger partial charge in [-0.25, -0.2) is 0 Å². The molecule has 0 unspecified atom stereocenters. The predicted molar refractivity (Wildman–Crippen MR) is 94.4 cm³/mol. The smallest absolute Gasteiger partial charge is 0.0747 e. The van der Waals surface area contributed by atoms with Crippen molar-refractivity contribution in [3.05, 3.63) is 0 Å². The average Bonchev–Trinajstić information content (AvgIpc) is 2.53. The van der Waals surface area contributed by atoms with Crippen molar-refractivity contribution in [2.75, 3.05) is 32.7 Å². The molecule has 5 N–H and O–H groups in total. The molecule has 22 heavy (non-hydrogen) atoms. The van der Waals surface area contributed by atoms with Gasteiger partial charge >= 0.3 is 0 Å². The first-order chi connectivity index (χ1) is 10.8. The van der Waals surface area contributed by atoms with Gasteiger partial charge in [0.2, 0.25) is 0 Å². The first kappa shape index (κ1) is 21.3. The fourth-order valence-corrected chi connectivity index (χ4v) is 2.62. The van der Waals surface area contributed by atoms with Crippen molar-refractivity contribution in [2.24, 2.45) is 22.0 Å². The summed E-state index contributed by atoms with van der Waals surface area (Å²) in [7, 11) is 0. The van der Waals surface area contributed by atoms with E-state index < -0.39 is 0 Å². The predicted octanol–water partition coefficient (Wildman–Crippen LogP) is 3.00. The van der Waals surface area contributed by atoms with E-state index in [4.69, 9.17) is 11.7 Å². The van der Waals surface area contributed by atoms with Crippen LogP contribution < -0.4 is 17.1 Å². The highest BCUT2D eigenvalue weighted by Gasteiger charge is 2.03. The van der Waals surface area contributed by atoms with Crippen molar-refractivity contribution in [2.45, 2.75) is 71.1 Å². The minimum atomic E-state index is 0.666. The molecule has 0 aromatic rings. The van der Waals surface area contributed by atoms with Gasteiger partial charge in [0.15, 0.2) is 0 Å². The topological polar surface area (TPSA) is 92.0 Å². The maximum Gasteiger partial charge on any atom is 0.0747 e. The van der Waals surface area contributed by atoms with Gasteiger partial charge in [0.1, 0.15) is 0 Å². The van der Waals surface area contributed by atoms with Crippen LogP contribution in [0.5, 0.6) is 0 Å². The third-order valence-corrected chi connectivity index (χ3v) is 4.00. The molecule has 0 aromatic heterocycles. The molecule has 0 rings (SSSR count). The fourth-order valence-electron chi connectivity index (χ4n) is 2.62. The molecular formula is C16H38N6. The van der Waals surface area contributed by atoms with E-state index in [1.165, 1.54) is 64.2 Å². The lowest BCUT2D eigenvalue weighted by molar-refractivity contribution is 0.272. The van der Waals surface area contributed by atoms with E-state index in [-0.39, 0.29) is 0 Å². The molecule has 0 bridgehead atoms. The van der Waals surface area contributed by atoms with Crippen LogP contribution in [0.2, 0.25) is 0 Å². The maximum atomic E-state index is 5.35. The Kier molecular flexibility index (Phi) is 17.7. The zero-order valence-corrected chi connectivity index (χ0v) is 14.6. The number of nitrogens with two attached hydrogens (primary N) is 2. The number of rotatable bonds is 17. The minimum Gasteiger partial charge on any atom is -0.305 e. The van der Waals surface area contributed by atoms with Gasteiger partial charge < -0.3 is 10.7 Å². The summed E-state index contributed by atoms with van der Waals surface area (Å²) in [5, 5.41) is 7.13. The molecule has 0 fully saturated rings. The van der Waals surface area contributed by atoms with E-state index in [1.54, 1.807) is 0 Å². The summed E-state index contributed by atoms with van der Waals surface area (Å²) in [5.74, 6) is 10.4. The van der Waals surface area contributed by atoms with Crippen LogP contribution in [0.15, 0.2) is 10.3 Å². The molecule has 0 amide bonds. The van der Waals surface area contributed by atoms with Crippen molar-refractivity contribution in [3.63, 3.8) is 0 Å². The minimum absolute atomic E-state index is 0.666. The zero-order chi connectivity index (χ0) is 16.3. The standard InChI is InChI=1S/C16H38N6/c1-2-3-4-5-6-7-8-9-10-11-14-22(15-12-19-17)16-13-20-21-18/h19H,2-17H2,1H3,(H2,18,20). The van der Waals surface area contributed by atoms with Crippen molar-refractivity contribution in [3.8, 4) is 0 Å². The quantitative estimate of drug-likeness (QED) is 0.166. The van der Waals surface area contributed by atoms with Gasteiger partial charge in [-0.2, -0.15) is 5.11 Å². The van der Waals surface area contributed by atoms with Gasteiger partial charge in [-0.3, -0.25) is 11.3 Å². The molecule has 6 nitrogen and oxygen atoms in total. The van der Waals surface area contributed by atoms with Crippen LogP contribution in [0.4, 0.5) is 0 Å². The summed E-state index contributed by atoms with van der Waals surface area (Å²) in [6, 6.07) is 0. The molecule has 0 aliphatic heterocycles. The molecule has 0 heterocycles. The van der Waals surface area contributed by atoms with E-state index in [0.717, 1.165) is 26.2 Å². The van der Waals surface area contributed by atoms with Crippen molar-refractivity contribution in [1.29, 1.82) is 0 Å². The highest BCUT2D eigenvalue weighted by atomic mass is 15.3. The van der Waals surface area contributed by atoms with Crippen LogP contribution >= 0.6 is 0 Å². The van der Waals surface area contributed by atoms with Crippen LogP contribution in [-0.2, 0) is 0 Å². The normalized spacial score (nSPS) is 11.8. The van der Waals surface area contributed by atoms with Gasteiger partial charge in [-0.05, 0) is 13.0 Å². The van der Waals surface area contributed by atoms with Crippen molar-refractivity contribution in [1.82, 2.24) is 10.3 Å². The molecule has 0 radical (unpaired) electrons. The number of unbranched alkanes of at least 4 members (excludes halogenated alkanes) is 9. The van der Waals surface area contributed by atoms with Crippen molar-refractivity contribution < 1.29 is 0 Å². The molecular weight excluding hydrogens is 276 g/mol. The van der Waals surface area contributed by atoms with Gasteiger partial charge in [0, 0.05) is 19.6 Å². The summed E-state index contributed by atoms with van der Waals surface area (Å²) in [6.45, 7) is 6.70. The number of nitrogens with zero attached hydrogens (tertiary/aromatic N) is 3. The largest absolute Gasteiger partial charge is 0.305 e. The van der Waals surface area contributed by atoms with Gasteiger partial charge in [0.05, 0.1) is 6.54 Å². The lowest BCUT2D eigenvalue weighted by Crippen LogP contribution is -2.37. The SMILES string of the molecule is CCCCCCCCCCCCN(CCN=NN)CCNN. The van der Waals surface area contributed by atoms with E-state index in [9.17, 15) is 0 Å². The Morgan fingerprint density at radius 1 is 0.818 bits per heavy atom. The zero-order valence-electron chi connectivity index (χ0n) is 14.6. The number of nitrogens with one attached hydrogen (secondary N) is 1. The molecule has 132 valence electrons. The first-order valence-corrected chi connectivity index (χ1v) is 9.07. The van der Waals surface area contributed by atoms with Crippen LogP contribution in [0.3, 0.4) is 0 Å². The molecule has 0 aromatic carbocycles. The second-order valence-corrected chi connectivity index (χ2v) is 5.96.